The van der Waals surface area contributed by atoms with Gasteiger partial charge >= 0.3 is 5.97 Å². The molecule has 96 valence electrons. The Labute approximate surface area is 103 Å². The summed E-state index contributed by atoms with van der Waals surface area (Å²) < 4.78 is 10.5. The molecule has 0 spiro atoms. The molecule has 4 bridgehead atoms. The number of hydrogen-bond donors (Lipinski definition) is 0. The molecule has 0 heterocycles. The molecule has 0 saturated heterocycles. The maximum absolute atomic E-state index is 11.6. The summed E-state index contributed by atoms with van der Waals surface area (Å²) in [5.74, 6) is 1.95. The van der Waals surface area contributed by atoms with E-state index in [9.17, 15) is 4.79 Å². The summed E-state index contributed by atoms with van der Waals surface area (Å²) in [6.45, 7) is 2.52. The van der Waals surface area contributed by atoms with Crippen LogP contribution in [-0.2, 0) is 14.3 Å². The van der Waals surface area contributed by atoms with Crippen molar-refractivity contribution in [2.24, 2.45) is 23.2 Å². The summed E-state index contributed by atoms with van der Waals surface area (Å²) in [6.07, 6.45) is 6.64. The van der Waals surface area contributed by atoms with E-state index in [2.05, 4.69) is 6.92 Å². The van der Waals surface area contributed by atoms with Gasteiger partial charge < -0.3 is 9.47 Å². The molecule has 0 N–H and O–H groups in total. The highest BCUT2D eigenvalue weighted by molar-refractivity contribution is 5.71. The minimum absolute atomic E-state index is 0.0939. The number of ether oxygens (including phenoxy) is 2. The number of methoxy groups -OCH3 is 1. The maximum atomic E-state index is 11.6. The van der Waals surface area contributed by atoms with E-state index in [4.69, 9.17) is 9.47 Å². The lowest BCUT2D eigenvalue weighted by atomic mass is 9.49. The lowest BCUT2D eigenvalue weighted by Crippen LogP contribution is -2.54. The number of esters is 1. The number of rotatable bonds is 3. The Kier molecular flexibility index (Phi) is 2.69. The van der Waals surface area contributed by atoms with Crippen LogP contribution in [0.5, 0.6) is 0 Å². The summed E-state index contributed by atoms with van der Waals surface area (Å²) >= 11 is 0. The Morgan fingerprint density at radius 3 is 2.41 bits per heavy atom. The average molecular weight is 238 g/mol. The third-order valence-electron chi connectivity index (χ3n) is 5.02. The van der Waals surface area contributed by atoms with Crippen molar-refractivity contribution in [3.05, 3.63) is 0 Å². The number of carbonyl (C=O) groups is 1. The summed E-state index contributed by atoms with van der Waals surface area (Å²) in [4.78, 5) is 11.6. The van der Waals surface area contributed by atoms with E-state index in [0.717, 1.165) is 5.92 Å². The van der Waals surface area contributed by atoms with Crippen LogP contribution in [0.3, 0.4) is 0 Å². The van der Waals surface area contributed by atoms with Crippen molar-refractivity contribution >= 4 is 5.97 Å². The molecule has 0 aliphatic heterocycles. The van der Waals surface area contributed by atoms with Crippen LogP contribution in [0.25, 0.3) is 0 Å². The van der Waals surface area contributed by atoms with Crippen LogP contribution in [-0.4, -0.2) is 25.8 Å². The van der Waals surface area contributed by atoms with Crippen molar-refractivity contribution in [3.63, 3.8) is 0 Å². The van der Waals surface area contributed by atoms with Gasteiger partial charge in [0, 0.05) is 7.11 Å². The van der Waals surface area contributed by atoms with Gasteiger partial charge in [-0.05, 0) is 55.3 Å². The molecule has 5 atom stereocenters. The zero-order valence-electron chi connectivity index (χ0n) is 10.8. The second-order valence-corrected chi connectivity index (χ2v) is 6.67. The molecule has 0 amide bonds. The molecule has 4 aliphatic carbocycles. The molecule has 0 aromatic rings. The van der Waals surface area contributed by atoms with Gasteiger partial charge in [-0.25, -0.2) is 4.79 Å². The molecule has 17 heavy (non-hydrogen) atoms. The topological polar surface area (TPSA) is 35.5 Å². The standard InChI is InChI=1S/C14H22O3/c1-14-5-9-3-10(6-14)13(11(4-9)7-14)17-12(15)8-16-2/h9-11,13H,3-8H2,1-2H3/t9?,10-,11?,13?,14?/m1/s1. The van der Waals surface area contributed by atoms with Gasteiger partial charge in [0.15, 0.2) is 0 Å². The quantitative estimate of drug-likeness (QED) is 0.708. The van der Waals surface area contributed by atoms with Crippen LogP contribution < -0.4 is 0 Å². The van der Waals surface area contributed by atoms with Gasteiger partial charge in [0.05, 0.1) is 0 Å². The van der Waals surface area contributed by atoms with Crippen molar-refractivity contribution < 1.29 is 14.3 Å². The largest absolute Gasteiger partial charge is 0.460 e. The first-order valence-corrected chi connectivity index (χ1v) is 6.78. The fourth-order valence-electron chi connectivity index (χ4n) is 4.88. The number of hydrogen-bond acceptors (Lipinski definition) is 3. The average Bonchev–Trinajstić information content (AvgIpc) is 2.21. The Hall–Kier alpha value is -0.570. The van der Waals surface area contributed by atoms with Crippen LogP contribution in [0.2, 0.25) is 0 Å². The smallest absolute Gasteiger partial charge is 0.332 e. The van der Waals surface area contributed by atoms with Gasteiger partial charge in [-0.15, -0.1) is 0 Å². The molecule has 0 aromatic carbocycles. The van der Waals surface area contributed by atoms with E-state index in [1.165, 1.54) is 32.1 Å². The lowest BCUT2D eigenvalue weighted by molar-refractivity contribution is -0.182. The van der Waals surface area contributed by atoms with Crippen molar-refractivity contribution in [2.45, 2.75) is 45.1 Å². The number of carbonyl (C=O) groups excluding carboxylic acids is 1. The third-order valence-corrected chi connectivity index (χ3v) is 5.02. The minimum atomic E-state index is -0.185. The Morgan fingerprint density at radius 1 is 1.24 bits per heavy atom. The van der Waals surface area contributed by atoms with Gasteiger partial charge in [0.1, 0.15) is 12.7 Å². The molecule has 4 rings (SSSR count). The second-order valence-electron chi connectivity index (χ2n) is 6.67. The van der Waals surface area contributed by atoms with Crippen molar-refractivity contribution in [1.82, 2.24) is 0 Å². The van der Waals surface area contributed by atoms with Crippen LogP contribution in [0.1, 0.15) is 39.0 Å². The van der Waals surface area contributed by atoms with Crippen molar-refractivity contribution in [3.8, 4) is 0 Å². The molecule has 0 aromatic heterocycles. The molecule has 4 saturated carbocycles. The Balaban J connectivity index is 1.69. The summed E-state index contributed by atoms with van der Waals surface area (Å²) in [5, 5.41) is 0. The van der Waals surface area contributed by atoms with Gasteiger partial charge in [0.2, 0.25) is 0 Å². The van der Waals surface area contributed by atoms with Gasteiger partial charge in [-0.2, -0.15) is 0 Å². The van der Waals surface area contributed by atoms with Crippen LogP contribution in [0.4, 0.5) is 0 Å². The first kappa shape index (κ1) is 11.5. The van der Waals surface area contributed by atoms with Crippen LogP contribution >= 0.6 is 0 Å². The molecule has 4 fully saturated rings. The first-order valence-electron chi connectivity index (χ1n) is 6.78. The molecule has 3 nitrogen and oxygen atoms in total. The van der Waals surface area contributed by atoms with Crippen LogP contribution in [0, 0.1) is 23.2 Å². The van der Waals surface area contributed by atoms with E-state index in [1.807, 2.05) is 0 Å². The highest BCUT2D eigenvalue weighted by Gasteiger charge is 2.54. The minimum Gasteiger partial charge on any atom is -0.460 e. The summed E-state index contributed by atoms with van der Waals surface area (Å²) in [7, 11) is 1.54. The van der Waals surface area contributed by atoms with E-state index in [-0.39, 0.29) is 18.7 Å². The Morgan fingerprint density at radius 2 is 1.88 bits per heavy atom. The molecule has 3 heteroatoms. The predicted octanol–water partition coefficient (Wildman–Crippen LogP) is 2.39. The molecule has 0 radical (unpaired) electrons. The van der Waals surface area contributed by atoms with Crippen molar-refractivity contribution in [2.75, 3.05) is 13.7 Å². The molecular formula is C14H22O3. The van der Waals surface area contributed by atoms with Crippen LogP contribution in [0.15, 0.2) is 0 Å². The first-order chi connectivity index (χ1) is 8.09. The van der Waals surface area contributed by atoms with E-state index < -0.39 is 0 Å². The zero-order valence-corrected chi connectivity index (χ0v) is 10.8. The normalized spacial score (nSPS) is 47.2. The zero-order chi connectivity index (χ0) is 12.0. The fourth-order valence-corrected chi connectivity index (χ4v) is 4.88. The van der Waals surface area contributed by atoms with Gasteiger partial charge in [-0.3, -0.25) is 0 Å². The summed E-state index contributed by atoms with van der Waals surface area (Å²) in [5.41, 5.74) is 0.542. The van der Waals surface area contributed by atoms with Crippen molar-refractivity contribution in [1.29, 1.82) is 0 Å². The summed E-state index contributed by atoms with van der Waals surface area (Å²) in [6, 6.07) is 0. The van der Waals surface area contributed by atoms with E-state index >= 15 is 0 Å². The third kappa shape index (κ3) is 1.99. The Bertz CT molecular complexity index is 309. The predicted molar refractivity (Wildman–Crippen MR) is 63.4 cm³/mol. The maximum Gasteiger partial charge on any atom is 0.332 e. The van der Waals surface area contributed by atoms with E-state index in [0.29, 0.717) is 17.3 Å². The van der Waals surface area contributed by atoms with Gasteiger partial charge in [0.25, 0.3) is 0 Å². The molecule has 4 unspecified atom stereocenters. The fraction of sp³-hybridized carbons (Fsp3) is 0.929. The van der Waals surface area contributed by atoms with E-state index in [1.54, 1.807) is 7.11 Å². The second kappa shape index (κ2) is 3.98. The van der Waals surface area contributed by atoms with Gasteiger partial charge in [-0.1, -0.05) is 6.92 Å². The lowest BCUT2D eigenvalue weighted by Gasteiger charge is -2.58. The molecular weight excluding hydrogens is 216 g/mol. The monoisotopic (exact) mass is 238 g/mol. The highest BCUT2D eigenvalue weighted by atomic mass is 16.6. The SMILES string of the molecule is COCC(=O)OC1C2CC3C[C@@H]1CC(C)(C3)C2. The highest BCUT2D eigenvalue weighted by Crippen LogP contribution is 2.60. The molecule has 4 aliphatic rings.